The van der Waals surface area contributed by atoms with E-state index in [1.807, 2.05) is 0 Å². The topological polar surface area (TPSA) is 58.6 Å². The number of carboxylic acid groups (broad SMARTS) is 1. The summed E-state index contributed by atoms with van der Waals surface area (Å²) in [6.45, 7) is 4.86. The molecule has 4 heteroatoms. The average molecular weight is 269 g/mol. The molecule has 0 aliphatic heterocycles. The maximum Gasteiger partial charge on any atom is 0.326 e. The first-order valence-corrected chi connectivity index (χ1v) is 7.53. The molecule has 0 heterocycles. The third kappa shape index (κ3) is 3.11. The van der Waals surface area contributed by atoms with Crippen molar-refractivity contribution in [2.75, 3.05) is 13.7 Å². The van der Waals surface area contributed by atoms with Gasteiger partial charge in [0.2, 0.25) is 0 Å². The number of ether oxygens (including phenoxy) is 1. The van der Waals surface area contributed by atoms with Crippen LogP contribution in [-0.4, -0.2) is 36.4 Å². The van der Waals surface area contributed by atoms with Gasteiger partial charge in [0.1, 0.15) is 5.54 Å². The van der Waals surface area contributed by atoms with Gasteiger partial charge in [-0.3, -0.25) is 4.79 Å². The van der Waals surface area contributed by atoms with Crippen molar-refractivity contribution in [3.63, 3.8) is 0 Å². The smallest absolute Gasteiger partial charge is 0.326 e. The van der Waals surface area contributed by atoms with Gasteiger partial charge in [-0.2, -0.15) is 0 Å². The fraction of sp³-hybridized carbons (Fsp3) is 0.933. The van der Waals surface area contributed by atoms with Crippen molar-refractivity contribution in [1.82, 2.24) is 5.32 Å². The largest absolute Gasteiger partial charge is 0.480 e. The van der Waals surface area contributed by atoms with Crippen LogP contribution in [0.4, 0.5) is 0 Å². The Morgan fingerprint density at radius 3 is 2.42 bits per heavy atom. The van der Waals surface area contributed by atoms with Crippen molar-refractivity contribution >= 4 is 5.97 Å². The molecule has 19 heavy (non-hydrogen) atoms. The molecule has 110 valence electrons. The van der Waals surface area contributed by atoms with Gasteiger partial charge < -0.3 is 15.2 Å². The number of hydrogen-bond donors (Lipinski definition) is 2. The van der Waals surface area contributed by atoms with Crippen LogP contribution < -0.4 is 5.32 Å². The van der Waals surface area contributed by atoms with Gasteiger partial charge in [-0.25, -0.2) is 0 Å². The van der Waals surface area contributed by atoms with Crippen molar-refractivity contribution in [2.24, 2.45) is 17.8 Å². The number of carboxylic acids is 1. The molecule has 4 nitrogen and oxygen atoms in total. The van der Waals surface area contributed by atoms with Crippen molar-refractivity contribution in [3.05, 3.63) is 0 Å². The summed E-state index contributed by atoms with van der Waals surface area (Å²) in [5.41, 5.74) is -0.869. The van der Waals surface area contributed by atoms with Crippen LogP contribution >= 0.6 is 0 Å². The minimum absolute atomic E-state index is 0.231. The molecule has 2 fully saturated rings. The maximum atomic E-state index is 11.6. The summed E-state index contributed by atoms with van der Waals surface area (Å²) in [6.07, 6.45) is 5.54. The van der Waals surface area contributed by atoms with Gasteiger partial charge in [0, 0.05) is 0 Å². The molecule has 0 saturated heterocycles. The van der Waals surface area contributed by atoms with Crippen molar-refractivity contribution in [1.29, 1.82) is 0 Å². The van der Waals surface area contributed by atoms with Gasteiger partial charge in [-0.15, -0.1) is 0 Å². The molecule has 2 aliphatic carbocycles. The molecule has 0 amide bonds. The predicted octanol–water partition coefficient (Wildman–Crippen LogP) is 2.28. The van der Waals surface area contributed by atoms with E-state index < -0.39 is 11.5 Å². The monoisotopic (exact) mass is 269 g/mol. The normalized spacial score (nSPS) is 34.8. The van der Waals surface area contributed by atoms with E-state index in [1.165, 1.54) is 6.42 Å². The zero-order chi connectivity index (χ0) is 14.0. The first-order chi connectivity index (χ1) is 8.99. The lowest BCUT2D eigenvalue weighted by molar-refractivity contribution is -0.151. The highest BCUT2D eigenvalue weighted by Gasteiger charge is 2.51. The minimum atomic E-state index is -0.869. The third-order valence-corrected chi connectivity index (χ3v) is 5.20. The summed E-state index contributed by atoms with van der Waals surface area (Å²) < 4.78 is 5.98. The molecule has 4 unspecified atom stereocenters. The van der Waals surface area contributed by atoms with Crippen LogP contribution in [0.25, 0.3) is 0 Å². The molecule has 0 aromatic rings. The first kappa shape index (κ1) is 14.8. The van der Waals surface area contributed by atoms with Crippen LogP contribution in [0.1, 0.15) is 46.0 Å². The molecule has 0 radical (unpaired) electrons. The Bertz CT molecular complexity index is 329. The zero-order valence-corrected chi connectivity index (χ0v) is 12.3. The number of rotatable bonds is 6. The summed E-state index contributed by atoms with van der Waals surface area (Å²) in [7, 11) is 1.74. The van der Waals surface area contributed by atoms with Crippen molar-refractivity contribution < 1.29 is 14.6 Å². The quantitative estimate of drug-likeness (QED) is 0.776. The van der Waals surface area contributed by atoms with E-state index in [0.29, 0.717) is 12.5 Å². The van der Waals surface area contributed by atoms with Crippen LogP contribution in [-0.2, 0) is 9.53 Å². The number of nitrogens with one attached hydrogen (secondary N) is 1. The highest BCUT2D eigenvalue weighted by atomic mass is 16.5. The third-order valence-electron chi connectivity index (χ3n) is 5.20. The zero-order valence-electron chi connectivity index (χ0n) is 12.3. The number of likely N-dealkylation sites (N-methyl/N-ethyl adjacent to an activating group) is 1. The van der Waals surface area contributed by atoms with E-state index in [9.17, 15) is 9.90 Å². The average Bonchev–Trinajstić information content (AvgIpc) is 3.19. The Balaban J connectivity index is 1.90. The van der Waals surface area contributed by atoms with Crippen LogP contribution in [0.5, 0.6) is 0 Å². The van der Waals surface area contributed by atoms with Crippen molar-refractivity contribution in [2.45, 2.75) is 57.6 Å². The Hall–Kier alpha value is -0.610. The summed E-state index contributed by atoms with van der Waals surface area (Å²) in [6, 6.07) is 0. The number of aliphatic carboxylic acids is 1. The van der Waals surface area contributed by atoms with Gasteiger partial charge in [0.25, 0.3) is 0 Å². The molecule has 2 rings (SSSR count). The van der Waals surface area contributed by atoms with Crippen LogP contribution in [0.3, 0.4) is 0 Å². The van der Waals surface area contributed by atoms with E-state index in [0.717, 1.165) is 31.6 Å². The van der Waals surface area contributed by atoms with Crippen LogP contribution in [0.2, 0.25) is 0 Å². The molecule has 0 aromatic heterocycles. The molecule has 2 N–H and O–H groups in total. The molecule has 4 atom stereocenters. The molecule has 2 saturated carbocycles. The van der Waals surface area contributed by atoms with Gasteiger partial charge in [0.05, 0.1) is 12.7 Å². The van der Waals surface area contributed by atoms with E-state index >= 15 is 0 Å². The fourth-order valence-corrected chi connectivity index (χ4v) is 3.21. The minimum Gasteiger partial charge on any atom is -0.480 e. The second-order valence-corrected chi connectivity index (χ2v) is 6.50. The van der Waals surface area contributed by atoms with Crippen LogP contribution in [0.15, 0.2) is 0 Å². The molecule has 2 aliphatic rings. The van der Waals surface area contributed by atoms with Gasteiger partial charge in [-0.05, 0) is 56.9 Å². The summed E-state index contributed by atoms with van der Waals surface area (Å²) in [5.74, 6) is 0.898. The molecule has 0 aromatic carbocycles. The van der Waals surface area contributed by atoms with E-state index in [4.69, 9.17) is 4.74 Å². The van der Waals surface area contributed by atoms with E-state index in [-0.39, 0.29) is 12.0 Å². The van der Waals surface area contributed by atoms with E-state index in [2.05, 4.69) is 19.2 Å². The lowest BCUT2D eigenvalue weighted by Gasteiger charge is -2.35. The van der Waals surface area contributed by atoms with Crippen molar-refractivity contribution in [3.8, 4) is 0 Å². The number of hydrogen-bond acceptors (Lipinski definition) is 3. The second-order valence-electron chi connectivity index (χ2n) is 6.50. The maximum absolute atomic E-state index is 11.6. The summed E-state index contributed by atoms with van der Waals surface area (Å²) in [5, 5.41) is 12.5. The Labute approximate surface area is 115 Å². The van der Waals surface area contributed by atoms with Crippen LogP contribution in [0, 0.1) is 17.8 Å². The standard InChI is InChI=1S/C15H27NO3/c1-10-4-7-13(8-11(10)2)19-9-15(16-3,14(17)18)12-5-6-12/h10-13,16H,4-9H2,1-3H3,(H,17,18). The Morgan fingerprint density at radius 1 is 1.26 bits per heavy atom. The highest BCUT2D eigenvalue weighted by Crippen LogP contribution is 2.41. The Kier molecular flexibility index (Phi) is 4.51. The van der Waals surface area contributed by atoms with E-state index in [1.54, 1.807) is 7.05 Å². The summed E-state index contributed by atoms with van der Waals surface area (Å²) in [4.78, 5) is 11.6. The Morgan fingerprint density at radius 2 is 1.95 bits per heavy atom. The highest BCUT2D eigenvalue weighted by molar-refractivity contribution is 5.80. The molecular formula is C15H27NO3. The molecule has 0 spiro atoms. The summed E-state index contributed by atoms with van der Waals surface area (Å²) >= 11 is 0. The van der Waals surface area contributed by atoms with Gasteiger partial charge in [0.15, 0.2) is 0 Å². The first-order valence-electron chi connectivity index (χ1n) is 7.53. The van der Waals surface area contributed by atoms with Gasteiger partial charge >= 0.3 is 5.97 Å². The SMILES string of the molecule is CNC(COC1CCC(C)C(C)C1)(C(=O)O)C1CC1. The lowest BCUT2D eigenvalue weighted by Crippen LogP contribution is -2.56. The molecule has 0 bridgehead atoms. The molecular weight excluding hydrogens is 242 g/mol. The fourth-order valence-electron chi connectivity index (χ4n) is 3.21. The van der Waals surface area contributed by atoms with Gasteiger partial charge in [-0.1, -0.05) is 13.8 Å². The predicted molar refractivity (Wildman–Crippen MR) is 74.1 cm³/mol. The second kappa shape index (κ2) is 5.80. The lowest BCUT2D eigenvalue weighted by atomic mass is 9.80. The number of carbonyl (C=O) groups is 1.